The van der Waals surface area contributed by atoms with Gasteiger partial charge in [0.05, 0.1) is 12.0 Å². The zero-order valence-corrected chi connectivity index (χ0v) is 9.33. The van der Waals surface area contributed by atoms with Gasteiger partial charge < -0.3 is 4.74 Å². The highest BCUT2D eigenvalue weighted by Gasteiger charge is 2.08. The fourth-order valence-corrected chi connectivity index (χ4v) is 1.79. The second kappa shape index (κ2) is 5.06. The average Bonchev–Trinajstić information content (AvgIpc) is 2.03. The van der Waals surface area contributed by atoms with Crippen LogP contribution in [-0.4, -0.2) is 13.7 Å². The van der Waals surface area contributed by atoms with E-state index in [0.29, 0.717) is 16.7 Å². The molecule has 1 unspecified atom stereocenters. The third kappa shape index (κ3) is 3.35. The topological polar surface area (TPSA) is 9.23 Å². The number of hydrogen-bond donors (Lipinski definition) is 0. The van der Waals surface area contributed by atoms with E-state index in [4.69, 9.17) is 39.5 Å². The summed E-state index contributed by atoms with van der Waals surface area (Å²) in [6.07, 6.45) is 0. The first-order valence-corrected chi connectivity index (χ1v) is 4.91. The lowest BCUT2D eigenvalue weighted by molar-refractivity contribution is 0.198. The van der Waals surface area contributed by atoms with Crippen molar-refractivity contribution in [3.05, 3.63) is 33.8 Å². The summed E-state index contributed by atoms with van der Waals surface area (Å²) >= 11 is 17.6. The Morgan fingerprint density at radius 3 is 2.23 bits per heavy atom. The first kappa shape index (κ1) is 11.1. The van der Waals surface area contributed by atoms with Gasteiger partial charge in [0.25, 0.3) is 0 Å². The predicted octanol–water partition coefficient (Wildman–Crippen LogP) is 3.92. The highest BCUT2D eigenvalue weighted by atomic mass is 35.5. The van der Waals surface area contributed by atoms with E-state index in [2.05, 4.69) is 0 Å². The van der Waals surface area contributed by atoms with E-state index in [1.54, 1.807) is 25.3 Å². The molecule has 1 aromatic carbocycles. The first-order valence-electron chi connectivity index (χ1n) is 3.72. The van der Waals surface area contributed by atoms with Gasteiger partial charge in [-0.05, 0) is 23.8 Å². The molecule has 1 nitrogen and oxygen atoms in total. The van der Waals surface area contributed by atoms with Crippen LogP contribution in [0.5, 0.6) is 0 Å². The number of ether oxygens (including phenoxy) is 1. The fourth-order valence-electron chi connectivity index (χ4n) is 0.999. The summed E-state index contributed by atoms with van der Waals surface area (Å²) in [5, 5.41) is 0.967. The summed E-state index contributed by atoms with van der Waals surface area (Å²) < 4.78 is 4.92. The molecule has 4 heteroatoms. The van der Waals surface area contributed by atoms with Crippen molar-refractivity contribution in [2.45, 2.75) is 5.38 Å². The standard InChI is InChI=1S/C9H9Cl3O/c1-13-5-9(12)6-2-7(10)4-8(11)3-6/h2-4,9H,5H2,1H3. The highest BCUT2D eigenvalue weighted by Crippen LogP contribution is 2.27. The maximum atomic E-state index is 6.01. The largest absolute Gasteiger partial charge is 0.383 e. The second-order valence-corrected chi connectivity index (χ2v) is 4.03. The molecule has 0 amide bonds. The molecule has 1 rings (SSSR count). The highest BCUT2D eigenvalue weighted by molar-refractivity contribution is 6.35. The minimum absolute atomic E-state index is 0.207. The van der Waals surface area contributed by atoms with E-state index in [-0.39, 0.29) is 5.38 Å². The molecule has 0 bridgehead atoms. The Kier molecular flexibility index (Phi) is 4.33. The molecule has 0 spiro atoms. The minimum Gasteiger partial charge on any atom is -0.383 e. The Morgan fingerprint density at radius 2 is 1.77 bits per heavy atom. The number of hydrogen-bond acceptors (Lipinski definition) is 1. The van der Waals surface area contributed by atoms with Gasteiger partial charge >= 0.3 is 0 Å². The Morgan fingerprint density at radius 1 is 1.23 bits per heavy atom. The fraction of sp³-hybridized carbons (Fsp3) is 0.333. The number of methoxy groups -OCH3 is 1. The minimum atomic E-state index is -0.207. The lowest BCUT2D eigenvalue weighted by Crippen LogP contribution is -1.98. The van der Waals surface area contributed by atoms with Crippen LogP contribution in [0, 0.1) is 0 Å². The predicted molar refractivity (Wildman–Crippen MR) is 56.9 cm³/mol. The van der Waals surface area contributed by atoms with Gasteiger partial charge in [-0.2, -0.15) is 0 Å². The molecule has 0 fully saturated rings. The summed E-state index contributed by atoms with van der Waals surface area (Å²) in [5.74, 6) is 0. The summed E-state index contributed by atoms with van der Waals surface area (Å²) in [4.78, 5) is 0. The normalized spacial score (nSPS) is 12.9. The molecule has 0 saturated carbocycles. The van der Waals surface area contributed by atoms with Gasteiger partial charge in [-0.15, -0.1) is 11.6 Å². The zero-order valence-electron chi connectivity index (χ0n) is 7.06. The molecule has 0 saturated heterocycles. The lowest BCUT2D eigenvalue weighted by atomic mass is 10.1. The molecule has 0 heterocycles. The van der Waals surface area contributed by atoms with Crippen LogP contribution in [0.15, 0.2) is 18.2 Å². The third-order valence-electron chi connectivity index (χ3n) is 1.56. The van der Waals surface area contributed by atoms with Crippen molar-refractivity contribution >= 4 is 34.8 Å². The molecule has 0 radical (unpaired) electrons. The molecule has 13 heavy (non-hydrogen) atoms. The molecular formula is C9H9Cl3O. The Bertz CT molecular complexity index is 268. The lowest BCUT2D eigenvalue weighted by Gasteiger charge is -2.09. The summed E-state index contributed by atoms with van der Waals surface area (Å²) in [7, 11) is 1.60. The molecular weight excluding hydrogens is 230 g/mol. The van der Waals surface area contributed by atoms with Crippen LogP contribution in [-0.2, 0) is 4.74 Å². The van der Waals surface area contributed by atoms with E-state index in [1.165, 1.54) is 0 Å². The third-order valence-corrected chi connectivity index (χ3v) is 2.37. The second-order valence-electron chi connectivity index (χ2n) is 2.63. The van der Waals surface area contributed by atoms with Crippen LogP contribution < -0.4 is 0 Å². The van der Waals surface area contributed by atoms with E-state index >= 15 is 0 Å². The van der Waals surface area contributed by atoms with Gasteiger partial charge in [0.1, 0.15) is 0 Å². The van der Waals surface area contributed by atoms with Crippen LogP contribution in [0.25, 0.3) is 0 Å². The van der Waals surface area contributed by atoms with Crippen molar-refractivity contribution in [1.82, 2.24) is 0 Å². The maximum Gasteiger partial charge on any atom is 0.0819 e. The monoisotopic (exact) mass is 238 g/mol. The van der Waals surface area contributed by atoms with Gasteiger partial charge in [0.2, 0.25) is 0 Å². The van der Waals surface area contributed by atoms with Gasteiger partial charge in [0.15, 0.2) is 0 Å². The average molecular weight is 240 g/mol. The first-order chi connectivity index (χ1) is 6.13. The maximum absolute atomic E-state index is 6.01. The van der Waals surface area contributed by atoms with Crippen molar-refractivity contribution in [2.24, 2.45) is 0 Å². The Balaban J connectivity index is 2.87. The molecule has 0 aliphatic heterocycles. The van der Waals surface area contributed by atoms with E-state index < -0.39 is 0 Å². The quantitative estimate of drug-likeness (QED) is 0.727. The van der Waals surface area contributed by atoms with Crippen molar-refractivity contribution < 1.29 is 4.74 Å². The Hall–Kier alpha value is 0.0500. The molecule has 72 valence electrons. The van der Waals surface area contributed by atoms with E-state index in [0.717, 1.165) is 5.56 Å². The molecule has 0 N–H and O–H groups in total. The molecule has 0 aliphatic rings. The summed E-state index contributed by atoms with van der Waals surface area (Å²) in [5.41, 5.74) is 0.876. The van der Waals surface area contributed by atoms with Crippen LogP contribution in [0.2, 0.25) is 10.0 Å². The SMILES string of the molecule is COCC(Cl)c1cc(Cl)cc(Cl)c1. The number of halogens is 3. The summed E-state index contributed by atoms with van der Waals surface area (Å²) in [6.45, 7) is 0.443. The van der Waals surface area contributed by atoms with Crippen LogP contribution >= 0.6 is 34.8 Å². The number of alkyl halides is 1. The molecule has 1 aromatic rings. The van der Waals surface area contributed by atoms with E-state index in [9.17, 15) is 0 Å². The van der Waals surface area contributed by atoms with Gasteiger partial charge in [-0.1, -0.05) is 23.2 Å². The van der Waals surface area contributed by atoms with Crippen molar-refractivity contribution in [3.63, 3.8) is 0 Å². The van der Waals surface area contributed by atoms with Crippen molar-refractivity contribution in [2.75, 3.05) is 13.7 Å². The molecule has 0 aliphatic carbocycles. The smallest absolute Gasteiger partial charge is 0.0819 e. The molecule has 1 atom stereocenters. The number of benzene rings is 1. The summed E-state index contributed by atoms with van der Waals surface area (Å²) in [6, 6.07) is 5.23. The Labute approximate surface area is 92.5 Å². The van der Waals surface area contributed by atoms with Crippen LogP contribution in [0.1, 0.15) is 10.9 Å². The molecule has 0 aromatic heterocycles. The van der Waals surface area contributed by atoms with Gasteiger partial charge in [0, 0.05) is 17.2 Å². The number of rotatable bonds is 3. The van der Waals surface area contributed by atoms with Crippen molar-refractivity contribution in [3.8, 4) is 0 Å². The van der Waals surface area contributed by atoms with Gasteiger partial charge in [-0.3, -0.25) is 0 Å². The van der Waals surface area contributed by atoms with E-state index in [1.807, 2.05) is 0 Å². The van der Waals surface area contributed by atoms with Crippen molar-refractivity contribution in [1.29, 1.82) is 0 Å². The van der Waals surface area contributed by atoms with Gasteiger partial charge in [-0.25, -0.2) is 0 Å². The zero-order chi connectivity index (χ0) is 9.84. The van der Waals surface area contributed by atoms with Crippen LogP contribution in [0.4, 0.5) is 0 Å². The van der Waals surface area contributed by atoms with Crippen LogP contribution in [0.3, 0.4) is 0 Å².